The highest BCUT2D eigenvalue weighted by atomic mass is 16.5. The van der Waals surface area contributed by atoms with Gasteiger partial charge in [-0.15, -0.1) is 0 Å². The van der Waals surface area contributed by atoms with Crippen LogP contribution in [0.25, 0.3) is 5.69 Å². The number of hydrogen-bond donors (Lipinski definition) is 1. The predicted octanol–water partition coefficient (Wildman–Crippen LogP) is 3.49. The van der Waals surface area contributed by atoms with Crippen molar-refractivity contribution in [3.8, 4) is 11.4 Å². The van der Waals surface area contributed by atoms with E-state index in [0.717, 1.165) is 37.0 Å². The number of nitrogens with zero attached hydrogens (tertiary/aromatic N) is 4. The Morgan fingerprint density at radius 2 is 1.94 bits per heavy atom. The maximum atomic E-state index is 13.5. The van der Waals surface area contributed by atoms with Crippen LogP contribution in [0, 0.1) is 0 Å². The molecule has 7 nitrogen and oxygen atoms in total. The number of benzene rings is 2. The van der Waals surface area contributed by atoms with Gasteiger partial charge in [-0.25, -0.2) is 0 Å². The summed E-state index contributed by atoms with van der Waals surface area (Å²) in [7, 11) is 0. The fourth-order valence-electron chi connectivity index (χ4n) is 4.83. The first kappa shape index (κ1) is 20.7. The monoisotopic (exact) mass is 432 g/mol. The van der Waals surface area contributed by atoms with E-state index in [1.54, 1.807) is 12.4 Å². The Hall–Kier alpha value is -3.19. The Kier molecular flexibility index (Phi) is 5.21. The second-order valence-corrected chi connectivity index (χ2v) is 9.05. The molecule has 1 aromatic heterocycles. The van der Waals surface area contributed by atoms with Gasteiger partial charge in [0.05, 0.1) is 35.8 Å². The molecule has 1 aliphatic carbocycles. The summed E-state index contributed by atoms with van der Waals surface area (Å²) in [4.78, 5) is 16.9. The second kappa shape index (κ2) is 8.06. The van der Waals surface area contributed by atoms with Crippen LogP contribution in [-0.4, -0.2) is 49.6 Å². The van der Waals surface area contributed by atoms with E-state index in [9.17, 15) is 9.90 Å². The van der Waals surface area contributed by atoms with Crippen molar-refractivity contribution in [1.82, 2.24) is 19.9 Å². The van der Waals surface area contributed by atoms with Crippen LogP contribution in [0.15, 0.2) is 54.9 Å². The van der Waals surface area contributed by atoms with Crippen LogP contribution in [0.4, 0.5) is 0 Å². The Balaban J connectivity index is 1.35. The zero-order valence-electron chi connectivity index (χ0n) is 18.4. The predicted molar refractivity (Wildman–Crippen MR) is 120 cm³/mol. The molecule has 2 heterocycles. The van der Waals surface area contributed by atoms with Crippen LogP contribution in [-0.2, 0) is 12.0 Å². The number of rotatable bonds is 4. The molecule has 0 saturated carbocycles. The lowest BCUT2D eigenvalue weighted by molar-refractivity contribution is 0.0380. The summed E-state index contributed by atoms with van der Waals surface area (Å²) in [6.45, 7) is 4.45. The summed E-state index contributed by atoms with van der Waals surface area (Å²) >= 11 is 0. The van der Waals surface area contributed by atoms with Crippen molar-refractivity contribution in [2.24, 2.45) is 0 Å². The van der Waals surface area contributed by atoms with Gasteiger partial charge >= 0.3 is 0 Å². The van der Waals surface area contributed by atoms with Gasteiger partial charge in [0.2, 0.25) is 0 Å². The summed E-state index contributed by atoms with van der Waals surface area (Å²) in [5.74, 6) is 0.703. The normalized spacial score (nSPS) is 24.9. The van der Waals surface area contributed by atoms with Crippen molar-refractivity contribution in [3.63, 3.8) is 0 Å². The highest BCUT2D eigenvalue weighted by Crippen LogP contribution is 2.38. The lowest BCUT2D eigenvalue weighted by Gasteiger charge is -2.38. The SMILES string of the molecule is C[C@@H]1CC[C@@H](Oc2ccc3c(c2)[C@](C)(O)CC3)CN1C(=O)c1ccccc1-n1nccn1. The van der Waals surface area contributed by atoms with Gasteiger partial charge in [-0.2, -0.15) is 15.0 Å². The number of ether oxygens (including phenoxy) is 1. The van der Waals surface area contributed by atoms with Crippen LogP contribution in [0.1, 0.15) is 54.6 Å². The number of hydrogen-bond acceptors (Lipinski definition) is 5. The van der Waals surface area contributed by atoms with Gasteiger partial charge < -0.3 is 14.7 Å². The number of piperidine rings is 1. The maximum Gasteiger partial charge on any atom is 0.256 e. The number of aliphatic hydroxyl groups is 1. The summed E-state index contributed by atoms with van der Waals surface area (Å²) in [6.07, 6.45) is 6.46. The maximum absolute atomic E-state index is 13.5. The molecule has 1 fully saturated rings. The van der Waals surface area contributed by atoms with Crippen LogP contribution in [0.5, 0.6) is 5.75 Å². The zero-order chi connectivity index (χ0) is 22.3. The van der Waals surface area contributed by atoms with E-state index in [-0.39, 0.29) is 18.1 Å². The minimum atomic E-state index is -0.804. The molecule has 0 radical (unpaired) electrons. The largest absolute Gasteiger partial charge is 0.489 e. The quantitative estimate of drug-likeness (QED) is 0.683. The van der Waals surface area contributed by atoms with E-state index >= 15 is 0 Å². The summed E-state index contributed by atoms with van der Waals surface area (Å²) in [5, 5.41) is 19.0. The Morgan fingerprint density at radius 1 is 1.16 bits per heavy atom. The summed E-state index contributed by atoms with van der Waals surface area (Å²) in [5.41, 5.74) is 2.57. The smallest absolute Gasteiger partial charge is 0.256 e. The van der Waals surface area contributed by atoms with Crippen molar-refractivity contribution < 1.29 is 14.6 Å². The summed E-state index contributed by atoms with van der Waals surface area (Å²) in [6, 6.07) is 13.5. The highest BCUT2D eigenvalue weighted by Gasteiger charge is 2.34. The average Bonchev–Trinajstić information content (AvgIpc) is 3.43. The number of para-hydroxylation sites is 1. The third-order valence-corrected chi connectivity index (χ3v) is 6.71. The van der Waals surface area contributed by atoms with E-state index < -0.39 is 5.60 Å². The minimum absolute atomic E-state index is 0.0458. The molecule has 1 aliphatic heterocycles. The van der Waals surface area contributed by atoms with Gasteiger partial charge in [0.25, 0.3) is 5.91 Å². The first-order valence-corrected chi connectivity index (χ1v) is 11.2. The van der Waals surface area contributed by atoms with E-state index in [1.165, 1.54) is 10.4 Å². The van der Waals surface area contributed by atoms with E-state index in [2.05, 4.69) is 17.1 Å². The van der Waals surface area contributed by atoms with E-state index in [0.29, 0.717) is 17.8 Å². The molecule has 5 rings (SSSR count). The minimum Gasteiger partial charge on any atom is -0.489 e. The fraction of sp³-hybridized carbons (Fsp3) is 0.400. The molecular weight excluding hydrogens is 404 g/mol. The van der Waals surface area contributed by atoms with Gasteiger partial charge in [-0.3, -0.25) is 4.79 Å². The molecule has 0 spiro atoms. The van der Waals surface area contributed by atoms with E-state index in [4.69, 9.17) is 4.74 Å². The molecular formula is C25H28N4O3. The van der Waals surface area contributed by atoms with E-state index in [1.807, 2.05) is 54.3 Å². The number of fused-ring (bicyclic) bond motifs is 1. The van der Waals surface area contributed by atoms with Gasteiger partial charge in [0.15, 0.2) is 0 Å². The van der Waals surface area contributed by atoms with Crippen molar-refractivity contribution in [2.75, 3.05) is 6.54 Å². The number of amides is 1. The molecule has 32 heavy (non-hydrogen) atoms. The molecule has 166 valence electrons. The first-order valence-electron chi connectivity index (χ1n) is 11.2. The molecule has 1 saturated heterocycles. The average molecular weight is 433 g/mol. The third kappa shape index (κ3) is 3.77. The fourth-order valence-corrected chi connectivity index (χ4v) is 4.83. The second-order valence-electron chi connectivity index (χ2n) is 9.05. The number of aromatic nitrogens is 3. The van der Waals surface area contributed by atoms with Crippen molar-refractivity contribution >= 4 is 5.91 Å². The topological polar surface area (TPSA) is 80.5 Å². The van der Waals surface area contributed by atoms with Gasteiger partial charge in [0, 0.05) is 6.04 Å². The molecule has 7 heteroatoms. The van der Waals surface area contributed by atoms with Gasteiger partial charge in [-0.1, -0.05) is 18.2 Å². The lowest BCUT2D eigenvalue weighted by atomic mass is 9.98. The standard InChI is InChI=1S/C25H28N4O3/c1-17-7-9-20(32-19-10-8-18-11-12-25(2,31)22(18)15-19)16-28(17)24(30)21-5-3-4-6-23(21)29-26-13-14-27-29/h3-6,8,10,13-15,17,20,31H,7,9,11-12,16H2,1-2H3/t17-,20-,25-/m1/s1. The Morgan fingerprint density at radius 3 is 2.75 bits per heavy atom. The summed E-state index contributed by atoms with van der Waals surface area (Å²) < 4.78 is 6.31. The van der Waals surface area contributed by atoms with Crippen LogP contribution >= 0.6 is 0 Å². The zero-order valence-corrected chi connectivity index (χ0v) is 18.4. The van der Waals surface area contributed by atoms with Crippen LogP contribution < -0.4 is 4.74 Å². The van der Waals surface area contributed by atoms with Gasteiger partial charge in [0.1, 0.15) is 11.9 Å². The molecule has 2 aliphatic rings. The van der Waals surface area contributed by atoms with Crippen LogP contribution in [0.3, 0.4) is 0 Å². The first-order chi connectivity index (χ1) is 15.4. The molecule has 0 unspecified atom stereocenters. The molecule has 0 bridgehead atoms. The van der Waals surface area contributed by atoms with Crippen molar-refractivity contribution in [1.29, 1.82) is 0 Å². The third-order valence-electron chi connectivity index (χ3n) is 6.71. The number of carbonyl (C=O) groups is 1. The molecule has 3 aromatic rings. The van der Waals surface area contributed by atoms with Crippen LogP contribution in [0.2, 0.25) is 0 Å². The lowest BCUT2D eigenvalue weighted by Crippen LogP contribution is -2.49. The number of carbonyl (C=O) groups excluding carboxylic acids is 1. The van der Waals surface area contributed by atoms with Crippen molar-refractivity contribution in [3.05, 3.63) is 71.5 Å². The molecule has 1 N–H and O–H groups in total. The number of aryl methyl sites for hydroxylation is 1. The Labute approximate surface area is 187 Å². The molecule has 2 aromatic carbocycles. The van der Waals surface area contributed by atoms with Gasteiger partial charge in [-0.05, 0) is 74.9 Å². The molecule has 1 amide bonds. The number of likely N-dealkylation sites (tertiary alicyclic amines) is 1. The molecule has 3 atom stereocenters. The van der Waals surface area contributed by atoms with Crippen molar-refractivity contribution in [2.45, 2.75) is 57.3 Å². The Bertz CT molecular complexity index is 1130. The highest BCUT2D eigenvalue weighted by molar-refractivity contribution is 5.98.